The SMILES string of the molecule is C=C(CCCCn1c(=C)ccc1=C)C(C)(CC(C)(C)C)C(C)(C)C(C)(C)C(C)(C(=O)CC)C(C)(C)C. The van der Waals surface area contributed by atoms with Gasteiger partial charge in [0, 0.05) is 29.1 Å². The van der Waals surface area contributed by atoms with Gasteiger partial charge in [-0.15, -0.1) is 0 Å². The van der Waals surface area contributed by atoms with Crippen LogP contribution in [0.3, 0.4) is 0 Å². The average Bonchev–Trinajstić information content (AvgIpc) is 3.04. The second-order valence-electron chi connectivity index (χ2n) is 15.0. The quantitative estimate of drug-likeness (QED) is 0.209. The third-order valence-corrected chi connectivity index (χ3v) is 10.5. The van der Waals surface area contributed by atoms with Gasteiger partial charge in [-0.1, -0.05) is 115 Å². The van der Waals surface area contributed by atoms with Crippen LogP contribution < -0.4 is 10.7 Å². The van der Waals surface area contributed by atoms with Gasteiger partial charge in [-0.25, -0.2) is 0 Å². The van der Waals surface area contributed by atoms with Gasteiger partial charge < -0.3 is 4.57 Å². The van der Waals surface area contributed by atoms with Crippen molar-refractivity contribution in [1.29, 1.82) is 0 Å². The Balaban J connectivity index is 3.44. The predicted molar refractivity (Wildman–Crippen MR) is 160 cm³/mol. The Morgan fingerprint density at radius 1 is 0.806 bits per heavy atom. The minimum Gasteiger partial charge on any atom is -0.343 e. The van der Waals surface area contributed by atoms with Crippen LogP contribution in [-0.2, 0) is 11.3 Å². The Labute approximate surface area is 224 Å². The van der Waals surface area contributed by atoms with Gasteiger partial charge in [0.2, 0.25) is 0 Å². The predicted octanol–water partition coefficient (Wildman–Crippen LogP) is 8.56. The lowest BCUT2D eigenvalue weighted by Crippen LogP contribution is -2.61. The van der Waals surface area contributed by atoms with E-state index < -0.39 is 5.41 Å². The van der Waals surface area contributed by atoms with Crippen molar-refractivity contribution in [3.05, 3.63) is 35.0 Å². The number of allylic oxidation sites excluding steroid dienone is 1. The molecule has 0 aliphatic carbocycles. The fraction of sp³-hybridized carbons (Fsp3) is 0.735. The molecule has 0 fully saturated rings. The van der Waals surface area contributed by atoms with Crippen molar-refractivity contribution in [3.8, 4) is 0 Å². The molecular formula is C34H59NO. The molecule has 206 valence electrons. The number of carbonyl (C=O) groups excluding carboxylic acids is 1. The zero-order chi connectivity index (χ0) is 28.5. The Morgan fingerprint density at radius 2 is 1.28 bits per heavy atom. The first kappa shape index (κ1) is 32.5. The van der Waals surface area contributed by atoms with E-state index in [-0.39, 0.29) is 27.1 Å². The number of unbranched alkanes of at least 4 members (excludes halogenated alkanes) is 1. The van der Waals surface area contributed by atoms with E-state index in [1.807, 2.05) is 19.1 Å². The first-order chi connectivity index (χ1) is 16.0. The second-order valence-corrected chi connectivity index (χ2v) is 15.0. The lowest BCUT2D eigenvalue weighted by atomic mass is 9.39. The second kappa shape index (κ2) is 10.7. The molecule has 0 aromatic carbocycles. The molecule has 2 unspecified atom stereocenters. The van der Waals surface area contributed by atoms with E-state index in [1.54, 1.807) is 0 Å². The molecule has 2 heteroatoms. The highest BCUT2D eigenvalue weighted by Gasteiger charge is 2.63. The van der Waals surface area contributed by atoms with Crippen molar-refractivity contribution < 1.29 is 4.79 Å². The number of nitrogens with zero attached hydrogens (tertiary/aromatic N) is 1. The van der Waals surface area contributed by atoms with Gasteiger partial charge in [-0.2, -0.15) is 0 Å². The van der Waals surface area contributed by atoms with Crippen LogP contribution in [0, 0.1) is 32.5 Å². The lowest BCUT2D eigenvalue weighted by molar-refractivity contribution is -0.171. The van der Waals surface area contributed by atoms with Crippen LogP contribution in [-0.4, -0.2) is 10.4 Å². The molecule has 2 nitrogen and oxygen atoms in total. The number of Topliss-reactive ketones (excluding diaryl/α,β-unsaturated/α-hetero) is 1. The van der Waals surface area contributed by atoms with Crippen LogP contribution in [0.2, 0.25) is 0 Å². The van der Waals surface area contributed by atoms with Crippen molar-refractivity contribution in [2.45, 2.75) is 129 Å². The monoisotopic (exact) mass is 497 g/mol. The molecule has 1 heterocycles. The number of hydrogen-bond acceptors (Lipinski definition) is 1. The maximum absolute atomic E-state index is 13.7. The molecule has 0 saturated heterocycles. The van der Waals surface area contributed by atoms with Crippen LogP contribution in [0.1, 0.15) is 122 Å². The average molecular weight is 498 g/mol. The number of aromatic nitrogens is 1. The summed E-state index contributed by atoms with van der Waals surface area (Å²) >= 11 is 0. The Morgan fingerprint density at radius 3 is 1.67 bits per heavy atom. The largest absolute Gasteiger partial charge is 0.343 e. The normalized spacial score (nSPS) is 16.9. The fourth-order valence-electron chi connectivity index (χ4n) is 6.95. The number of hydrogen-bond donors (Lipinski definition) is 0. The molecule has 0 radical (unpaired) electrons. The summed E-state index contributed by atoms with van der Waals surface area (Å²) in [5.74, 6) is 0.358. The molecule has 0 aliphatic heterocycles. The number of ketones is 1. The molecule has 2 atom stereocenters. The molecular weight excluding hydrogens is 438 g/mol. The summed E-state index contributed by atoms with van der Waals surface area (Å²) in [5.41, 5.74) is 0.198. The minimum atomic E-state index is -0.485. The van der Waals surface area contributed by atoms with Gasteiger partial charge in [-0.05, 0) is 64.9 Å². The summed E-state index contributed by atoms with van der Waals surface area (Å²) in [7, 11) is 0. The zero-order valence-corrected chi connectivity index (χ0v) is 26.4. The third kappa shape index (κ3) is 5.78. The van der Waals surface area contributed by atoms with Crippen molar-refractivity contribution in [2.24, 2.45) is 32.5 Å². The molecule has 0 spiro atoms. The fourth-order valence-corrected chi connectivity index (χ4v) is 6.95. The summed E-state index contributed by atoms with van der Waals surface area (Å²) in [6.07, 6.45) is 4.73. The molecule has 0 amide bonds. The molecule has 1 rings (SSSR count). The molecule has 0 bridgehead atoms. The molecule has 0 aliphatic rings. The number of carbonyl (C=O) groups is 1. The Hall–Kier alpha value is -1.57. The summed E-state index contributed by atoms with van der Waals surface area (Å²) < 4.78 is 2.20. The van der Waals surface area contributed by atoms with Gasteiger partial charge in [0.25, 0.3) is 0 Å². The first-order valence-electron chi connectivity index (χ1n) is 14.1. The van der Waals surface area contributed by atoms with Gasteiger partial charge in [0.1, 0.15) is 5.78 Å². The van der Waals surface area contributed by atoms with Gasteiger partial charge in [0.15, 0.2) is 0 Å². The standard InChI is InChI=1S/C34H59NO/c1-17-28(36)34(16,30(8,9)10)32(13,14)31(11,12)33(15,24-29(5,6)7)25(2)20-18-19-23-35-26(3)21-22-27(35)4/h21-22H,2-4,17-20,23-24H2,1,5-16H3. The van der Waals surface area contributed by atoms with Crippen molar-refractivity contribution in [3.63, 3.8) is 0 Å². The van der Waals surface area contributed by atoms with E-state index in [2.05, 4.69) is 101 Å². The van der Waals surface area contributed by atoms with E-state index in [9.17, 15) is 4.79 Å². The van der Waals surface area contributed by atoms with Crippen LogP contribution in [0.5, 0.6) is 0 Å². The molecule has 1 aromatic heterocycles. The minimum absolute atomic E-state index is 0.134. The van der Waals surface area contributed by atoms with E-state index in [0.29, 0.717) is 12.2 Å². The highest BCUT2D eigenvalue weighted by Crippen LogP contribution is 2.68. The van der Waals surface area contributed by atoms with Gasteiger partial charge in [0.05, 0.1) is 0 Å². The Kier molecular flexibility index (Phi) is 9.61. The maximum atomic E-state index is 13.7. The van der Waals surface area contributed by atoms with Gasteiger partial charge >= 0.3 is 0 Å². The van der Waals surface area contributed by atoms with Crippen molar-refractivity contribution >= 4 is 18.9 Å². The smallest absolute Gasteiger partial charge is 0.139 e. The van der Waals surface area contributed by atoms with Crippen molar-refractivity contribution in [1.82, 2.24) is 4.57 Å². The van der Waals surface area contributed by atoms with Crippen molar-refractivity contribution in [2.75, 3.05) is 0 Å². The highest BCUT2D eigenvalue weighted by atomic mass is 16.1. The summed E-state index contributed by atoms with van der Waals surface area (Å²) in [6, 6.07) is 4.08. The molecule has 36 heavy (non-hydrogen) atoms. The maximum Gasteiger partial charge on any atom is 0.139 e. The molecule has 1 aromatic rings. The topological polar surface area (TPSA) is 22.0 Å². The molecule has 0 N–H and O–H groups in total. The van der Waals surface area contributed by atoms with Gasteiger partial charge in [-0.3, -0.25) is 4.79 Å². The highest BCUT2D eigenvalue weighted by molar-refractivity contribution is 5.86. The number of rotatable bonds is 12. The Bertz CT molecular complexity index is 995. The van der Waals surface area contributed by atoms with E-state index in [1.165, 1.54) is 5.57 Å². The van der Waals surface area contributed by atoms with E-state index in [0.717, 1.165) is 42.9 Å². The first-order valence-corrected chi connectivity index (χ1v) is 14.1. The van der Waals surface area contributed by atoms with Crippen LogP contribution in [0.25, 0.3) is 13.2 Å². The lowest BCUT2D eigenvalue weighted by Gasteiger charge is -2.64. The van der Waals surface area contributed by atoms with Crippen LogP contribution in [0.4, 0.5) is 0 Å². The van der Waals surface area contributed by atoms with E-state index >= 15 is 0 Å². The summed E-state index contributed by atoms with van der Waals surface area (Å²) in [6.45, 7) is 43.8. The van der Waals surface area contributed by atoms with Crippen LogP contribution in [0.15, 0.2) is 24.3 Å². The van der Waals surface area contributed by atoms with Crippen LogP contribution >= 0.6 is 0 Å². The summed E-state index contributed by atoms with van der Waals surface area (Å²) in [5, 5.41) is 2.06. The third-order valence-electron chi connectivity index (χ3n) is 10.5. The van der Waals surface area contributed by atoms with E-state index in [4.69, 9.17) is 6.58 Å². The summed E-state index contributed by atoms with van der Waals surface area (Å²) in [4.78, 5) is 13.7. The molecule has 0 saturated carbocycles. The zero-order valence-electron chi connectivity index (χ0n) is 26.4.